The van der Waals surface area contributed by atoms with E-state index in [1.807, 2.05) is 55.5 Å². The van der Waals surface area contributed by atoms with Crippen molar-refractivity contribution in [2.75, 3.05) is 32.7 Å². The minimum absolute atomic E-state index is 0.110. The molecule has 0 bridgehead atoms. The molecule has 2 aliphatic rings. The third-order valence-corrected chi connectivity index (χ3v) is 9.78. The molecule has 202 valence electrons. The van der Waals surface area contributed by atoms with Gasteiger partial charge in [-0.05, 0) is 73.8 Å². The first-order chi connectivity index (χ1) is 18.3. The first kappa shape index (κ1) is 26.6. The molecule has 2 aliphatic heterocycles. The summed E-state index contributed by atoms with van der Waals surface area (Å²) in [6, 6.07) is 5.75. The van der Waals surface area contributed by atoms with E-state index in [1.54, 1.807) is 28.4 Å². The molecule has 4 unspecified atom stereocenters. The number of carbonyl (C=O) groups is 3. The number of piperazine rings is 1. The van der Waals surface area contributed by atoms with Crippen molar-refractivity contribution in [3.8, 4) is 0 Å². The van der Waals surface area contributed by atoms with E-state index in [1.165, 1.54) is 11.3 Å². The SMILES string of the molecule is CCNC(=O)N1C(C(=O)N2CCNCC2)C(c2sccc2C)C(C(=O)c2ccc(C)o2)C1c1sccc1C. The molecule has 3 aromatic heterocycles. The molecule has 3 amide bonds. The van der Waals surface area contributed by atoms with E-state index in [-0.39, 0.29) is 23.5 Å². The third-order valence-electron chi connectivity index (χ3n) is 7.57. The lowest BCUT2D eigenvalue weighted by Crippen LogP contribution is -2.56. The van der Waals surface area contributed by atoms with Gasteiger partial charge in [0.25, 0.3) is 0 Å². The number of nitrogens with one attached hydrogen (secondary N) is 2. The molecule has 0 spiro atoms. The minimum Gasteiger partial charge on any atom is -0.458 e. The highest BCUT2D eigenvalue weighted by atomic mass is 32.1. The number of likely N-dealkylation sites (tertiary alicyclic amines) is 1. The summed E-state index contributed by atoms with van der Waals surface area (Å²) < 4.78 is 5.84. The van der Waals surface area contributed by atoms with Crippen LogP contribution in [0.15, 0.2) is 39.4 Å². The van der Waals surface area contributed by atoms with Crippen LogP contribution in [0.1, 0.15) is 56.1 Å². The quantitative estimate of drug-likeness (QED) is 0.438. The van der Waals surface area contributed by atoms with Gasteiger partial charge in [0.05, 0.1) is 12.0 Å². The van der Waals surface area contributed by atoms with E-state index in [0.29, 0.717) is 38.5 Å². The maximum absolute atomic E-state index is 14.4. The van der Waals surface area contributed by atoms with Crippen LogP contribution in [-0.2, 0) is 4.79 Å². The van der Waals surface area contributed by atoms with Crippen LogP contribution >= 0.6 is 22.7 Å². The standard InChI is InChI=1S/C28H34N4O4S2/c1-5-30-28(35)32-22(26-17(3)9-15-38-26)20(24(33)19-7-6-18(4)36-19)21(25-16(2)8-14-37-25)23(32)27(34)31-12-10-29-11-13-31/h6-9,14-15,20-23,29H,5,10-13H2,1-4H3,(H,30,35). The fourth-order valence-corrected chi connectivity index (χ4v) is 7.98. The lowest BCUT2D eigenvalue weighted by Gasteiger charge is -2.36. The predicted octanol–water partition coefficient (Wildman–Crippen LogP) is 4.50. The maximum atomic E-state index is 14.4. The highest BCUT2D eigenvalue weighted by Gasteiger charge is 2.59. The van der Waals surface area contributed by atoms with Crippen LogP contribution in [0.3, 0.4) is 0 Å². The van der Waals surface area contributed by atoms with Crippen LogP contribution in [-0.4, -0.2) is 66.3 Å². The fraction of sp³-hybridized carbons (Fsp3) is 0.464. The normalized spacial score (nSPS) is 23.6. The molecule has 4 atom stereocenters. The van der Waals surface area contributed by atoms with Crippen LogP contribution in [0.5, 0.6) is 0 Å². The molecule has 3 aromatic rings. The molecule has 5 rings (SSSR count). The van der Waals surface area contributed by atoms with Gasteiger partial charge in [-0.2, -0.15) is 0 Å². The topological polar surface area (TPSA) is 94.9 Å². The van der Waals surface area contributed by atoms with E-state index >= 15 is 0 Å². The van der Waals surface area contributed by atoms with Crippen LogP contribution in [0.25, 0.3) is 0 Å². The smallest absolute Gasteiger partial charge is 0.318 e. The summed E-state index contributed by atoms with van der Waals surface area (Å²) >= 11 is 3.07. The Balaban J connectivity index is 1.74. The summed E-state index contributed by atoms with van der Waals surface area (Å²) in [5, 5.41) is 10.2. The summed E-state index contributed by atoms with van der Waals surface area (Å²) in [7, 11) is 0. The average molecular weight is 555 g/mol. The fourth-order valence-electron chi connectivity index (χ4n) is 5.80. The summed E-state index contributed by atoms with van der Waals surface area (Å²) in [6.07, 6.45) is 0. The summed E-state index contributed by atoms with van der Waals surface area (Å²) in [5.41, 5.74) is 2.02. The summed E-state index contributed by atoms with van der Waals surface area (Å²) in [4.78, 5) is 48.1. The molecule has 0 aliphatic carbocycles. The number of thiophene rings is 2. The van der Waals surface area contributed by atoms with Crippen molar-refractivity contribution in [2.24, 2.45) is 5.92 Å². The van der Waals surface area contributed by atoms with Crippen molar-refractivity contribution < 1.29 is 18.8 Å². The van der Waals surface area contributed by atoms with E-state index in [9.17, 15) is 14.4 Å². The van der Waals surface area contributed by atoms with Crippen molar-refractivity contribution in [2.45, 2.75) is 45.7 Å². The number of carbonyl (C=O) groups excluding carboxylic acids is 3. The number of urea groups is 1. The third kappa shape index (κ3) is 4.69. The molecule has 0 aromatic carbocycles. The maximum Gasteiger partial charge on any atom is 0.318 e. The monoisotopic (exact) mass is 554 g/mol. The molecule has 2 N–H and O–H groups in total. The number of amides is 3. The van der Waals surface area contributed by atoms with E-state index in [4.69, 9.17) is 4.42 Å². The number of nitrogens with zero attached hydrogens (tertiary/aromatic N) is 2. The molecule has 0 radical (unpaired) electrons. The Labute approximate surface area is 231 Å². The number of hydrogen-bond acceptors (Lipinski definition) is 7. The number of hydrogen-bond donors (Lipinski definition) is 2. The number of rotatable bonds is 6. The van der Waals surface area contributed by atoms with Crippen molar-refractivity contribution in [3.05, 3.63) is 67.4 Å². The van der Waals surface area contributed by atoms with Gasteiger partial charge in [0, 0.05) is 48.4 Å². The van der Waals surface area contributed by atoms with Gasteiger partial charge in [-0.1, -0.05) is 0 Å². The van der Waals surface area contributed by atoms with E-state index in [2.05, 4.69) is 10.6 Å². The van der Waals surface area contributed by atoms with Gasteiger partial charge < -0.3 is 24.9 Å². The Morgan fingerprint density at radius 3 is 2.21 bits per heavy atom. The lowest BCUT2D eigenvalue weighted by molar-refractivity contribution is -0.136. The molecule has 0 saturated carbocycles. The van der Waals surface area contributed by atoms with Gasteiger partial charge in [-0.25, -0.2) is 4.79 Å². The molecule has 5 heterocycles. The van der Waals surface area contributed by atoms with Crippen molar-refractivity contribution in [1.82, 2.24) is 20.4 Å². The average Bonchev–Trinajstić information content (AvgIpc) is 3.69. The van der Waals surface area contributed by atoms with Crippen molar-refractivity contribution in [3.63, 3.8) is 0 Å². The van der Waals surface area contributed by atoms with E-state index in [0.717, 1.165) is 20.9 Å². The molecular weight excluding hydrogens is 520 g/mol. The Bertz CT molecular complexity index is 1320. The minimum atomic E-state index is -0.825. The number of ketones is 1. The molecule has 2 saturated heterocycles. The predicted molar refractivity (Wildman–Crippen MR) is 149 cm³/mol. The van der Waals surface area contributed by atoms with Gasteiger partial charge in [0.2, 0.25) is 11.7 Å². The zero-order valence-electron chi connectivity index (χ0n) is 22.2. The highest BCUT2D eigenvalue weighted by Crippen LogP contribution is 2.54. The lowest BCUT2D eigenvalue weighted by atomic mass is 9.80. The van der Waals surface area contributed by atoms with Crippen LogP contribution in [0.4, 0.5) is 4.79 Å². The molecular formula is C28H34N4O4S2. The Hall–Kier alpha value is -2.95. The zero-order valence-corrected chi connectivity index (χ0v) is 23.8. The number of Topliss-reactive ketones (excluding diaryl/α,β-unsaturated/α-hetero) is 1. The Kier molecular flexibility index (Phi) is 7.74. The largest absolute Gasteiger partial charge is 0.458 e. The van der Waals surface area contributed by atoms with Crippen molar-refractivity contribution in [1.29, 1.82) is 0 Å². The zero-order chi connectivity index (χ0) is 27.0. The Morgan fingerprint density at radius 2 is 1.66 bits per heavy atom. The number of aryl methyl sites for hydroxylation is 3. The number of furan rings is 1. The van der Waals surface area contributed by atoms with Gasteiger partial charge in [-0.3, -0.25) is 9.59 Å². The summed E-state index contributed by atoms with van der Waals surface area (Å²) in [6.45, 7) is 10.6. The molecule has 38 heavy (non-hydrogen) atoms. The van der Waals surface area contributed by atoms with Crippen LogP contribution in [0, 0.1) is 26.7 Å². The first-order valence-corrected chi connectivity index (χ1v) is 14.8. The molecule has 8 nitrogen and oxygen atoms in total. The van der Waals surface area contributed by atoms with Crippen LogP contribution in [0.2, 0.25) is 0 Å². The second-order valence-corrected chi connectivity index (χ2v) is 11.9. The van der Waals surface area contributed by atoms with E-state index < -0.39 is 23.9 Å². The first-order valence-electron chi connectivity index (χ1n) is 13.1. The highest BCUT2D eigenvalue weighted by molar-refractivity contribution is 7.10. The van der Waals surface area contributed by atoms with Gasteiger partial charge in [0.15, 0.2) is 5.76 Å². The Morgan fingerprint density at radius 1 is 1.00 bits per heavy atom. The van der Waals surface area contributed by atoms with Gasteiger partial charge in [0.1, 0.15) is 11.8 Å². The molecule has 10 heteroatoms. The van der Waals surface area contributed by atoms with Crippen molar-refractivity contribution >= 4 is 40.4 Å². The second-order valence-electron chi connectivity index (χ2n) is 9.97. The summed E-state index contributed by atoms with van der Waals surface area (Å²) in [5.74, 6) is -0.580. The van der Waals surface area contributed by atoms with Gasteiger partial charge in [-0.15, -0.1) is 22.7 Å². The van der Waals surface area contributed by atoms with Crippen LogP contribution < -0.4 is 10.6 Å². The second kappa shape index (κ2) is 11.0. The molecule has 2 fully saturated rings. The van der Waals surface area contributed by atoms with Gasteiger partial charge >= 0.3 is 6.03 Å².